The number of carboxylic acid groups (broad SMARTS) is 2. The van der Waals surface area contributed by atoms with Gasteiger partial charge >= 0.3 is 11.9 Å². The number of aliphatic carboxylic acids is 2. The molecule has 0 aromatic rings. The summed E-state index contributed by atoms with van der Waals surface area (Å²) in [7, 11) is 0. The molecule has 3 rings (SSSR count). The van der Waals surface area contributed by atoms with Crippen molar-refractivity contribution in [2.45, 2.75) is 12.8 Å². The first-order chi connectivity index (χ1) is 7.08. The molecule has 4 nitrogen and oxygen atoms in total. The van der Waals surface area contributed by atoms with Gasteiger partial charge in [-0.2, -0.15) is 0 Å². The minimum atomic E-state index is -0.953. The molecule has 2 saturated carbocycles. The maximum Gasteiger partial charge on any atom is 0.308 e. The van der Waals surface area contributed by atoms with Crippen molar-refractivity contribution >= 4 is 11.9 Å². The van der Waals surface area contributed by atoms with Crippen LogP contribution in [0.1, 0.15) is 12.8 Å². The molecule has 3 aliphatic carbocycles. The van der Waals surface area contributed by atoms with Crippen molar-refractivity contribution in [2.75, 3.05) is 0 Å². The van der Waals surface area contributed by atoms with Gasteiger partial charge in [-0.3, -0.25) is 9.59 Å². The van der Waals surface area contributed by atoms with E-state index in [0.717, 1.165) is 12.8 Å². The summed E-state index contributed by atoms with van der Waals surface area (Å²) < 4.78 is 0. The van der Waals surface area contributed by atoms with E-state index in [1.54, 1.807) is 0 Å². The van der Waals surface area contributed by atoms with E-state index in [1.165, 1.54) is 0 Å². The van der Waals surface area contributed by atoms with Crippen molar-refractivity contribution in [1.29, 1.82) is 0 Å². The average molecular weight is 208 g/mol. The predicted molar refractivity (Wildman–Crippen MR) is 50.0 cm³/mol. The van der Waals surface area contributed by atoms with Gasteiger partial charge in [-0.1, -0.05) is 12.2 Å². The number of carboxylic acids is 2. The third-order valence-corrected chi connectivity index (χ3v) is 4.41. The normalized spacial score (nSPS) is 43.5. The van der Waals surface area contributed by atoms with E-state index >= 15 is 0 Å². The van der Waals surface area contributed by atoms with E-state index in [-0.39, 0.29) is 17.3 Å². The van der Waals surface area contributed by atoms with Gasteiger partial charge in [-0.25, -0.2) is 0 Å². The van der Waals surface area contributed by atoms with Gasteiger partial charge in [0.15, 0.2) is 0 Å². The first kappa shape index (κ1) is 8.95. The van der Waals surface area contributed by atoms with Gasteiger partial charge in [0.25, 0.3) is 0 Å². The molecule has 0 saturated heterocycles. The van der Waals surface area contributed by atoms with Gasteiger partial charge in [0, 0.05) is 0 Å². The van der Waals surface area contributed by atoms with Crippen LogP contribution in [0, 0.1) is 29.1 Å². The summed E-state index contributed by atoms with van der Waals surface area (Å²) in [6.07, 6.45) is 5.83. The van der Waals surface area contributed by atoms with Crippen molar-refractivity contribution in [3.8, 4) is 0 Å². The van der Waals surface area contributed by atoms with Crippen molar-refractivity contribution in [3.05, 3.63) is 12.2 Å². The van der Waals surface area contributed by atoms with Gasteiger partial charge in [-0.15, -0.1) is 0 Å². The van der Waals surface area contributed by atoms with Crippen molar-refractivity contribution in [3.63, 3.8) is 0 Å². The zero-order valence-electron chi connectivity index (χ0n) is 8.09. The second kappa shape index (κ2) is 2.43. The van der Waals surface area contributed by atoms with Crippen LogP contribution in [0.5, 0.6) is 0 Å². The lowest BCUT2D eigenvalue weighted by Gasteiger charge is -2.20. The molecular formula is C11H12O4. The Bertz CT molecular complexity index is 348. The quantitative estimate of drug-likeness (QED) is 0.663. The lowest BCUT2D eigenvalue weighted by Crippen LogP contribution is -2.32. The molecule has 0 heterocycles. The Morgan fingerprint density at radius 1 is 1.00 bits per heavy atom. The van der Waals surface area contributed by atoms with Crippen molar-refractivity contribution in [2.24, 2.45) is 29.1 Å². The molecule has 1 spiro atoms. The number of rotatable bonds is 2. The molecule has 2 N–H and O–H groups in total. The molecule has 0 unspecified atom stereocenters. The number of carbonyl (C=O) groups is 2. The number of allylic oxidation sites excluding steroid dienone is 2. The van der Waals surface area contributed by atoms with Crippen LogP contribution in [0.15, 0.2) is 12.2 Å². The fourth-order valence-electron chi connectivity index (χ4n) is 3.67. The summed E-state index contributed by atoms with van der Waals surface area (Å²) in [5.41, 5.74) is 0.00606. The highest BCUT2D eigenvalue weighted by molar-refractivity contribution is 5.83. The third-order valence-electron chi connectivity index (χ3n) is 4.41. The van der Waals surface area contributed by atoms with Crippen LogP contribution in [0.2, 0.25) is 0 Å². The van der Waals surface area contributed by atoms with Crippen LogP contribution in [-0.2, 0) is 9.59 Å². The zero-order chi connectivity index (χ0) is 10.8. The maximum atomic E-state index is 11.1. The van der Waals surface area contributed by atoms with Crippen LogP contribution < -0.4 is 0 Å². The Morgan fingerprint density at radius 3 is 1.67 bits per heavy atom. The molecule has 80 valence electrons. The molecule has 0 aliphatic heterocycles. The van der Waals surface area contributed by atoms with Gasteiger partial charge in [-0.05, 0) is 30.1 Å². The fraction of sp³-hybridized carbons (Fsp3) is 0.636. The first-order valence-corrected chi connectivity index (χ1v) is 5.22. The molecule has 2 bridgehead atoms. The SMILES string of the molecule is O=C(O)[C@@H]1[C@@H](C(=O)O)[C@H]2C=C[C@H]1C21CC1. The lowest BCUT2D eigenvalue weighted by molar-refractivity contribution is -0.154. The van der Waals surface area contributed by atoms with Crippen LogP contribution >= 0.6 is 0 Å². The minimum absolute atomic E-state index is 0.00606. The van der Waals surface area contributed by atoms with E-state index in [1.807, 2.05) is 12.2 Å². The van der Waals surface area contributed by atoms with E-state index in [0.29, 0.717) is 0 Å². The fourth-order valence-corrected chi connectivity index (χ4v) is 3.67. The lowest BCUT2D eigenvalue weighted by atomic mass is 9.83. The summed E-state index contributed by atoms with van der Waals surface area (Å²) >= 11 is 0. The van der Waals surface area contributed by atoms with Crippen molar-refractivity contribution in [1.82, 2.24) is 0 Å². The van der Waals surface area contributed by atoms with Crippen molar-refractivity contribution < 1.29 is 19.8 Å². The topological polar surface area (TPSA) is 74.6 Å². The number of hydrogen-bond donors (Lipinski definition) is 2. The smallest absolute Gasteiger partial charge is 0.308 e. The summed E-state index contributed by atoms with van der Waals surface area (Å²) in [5, 5.41) is 18.2. The van der Waals surface area contributed by atoms with E-state index in [2.05, 4.69) is 0 Å². The Hall–Kier alpha value is -1.32. The van der Waals surface area contributed by atoms with Crippen LogP contribution in [-0.4, -0.2) is 22.2 Å². The molecule has 2 fully saturated rings. The van der Waals surface area contributed by atoms with Gasteiger partial charge in [0.1, 0.15) is 0 Å². The van der Waals surface area contributed by atoms with Gasteiger partial charge in [0.05, 0.1) is 11.8 Å². The molecular weight excluding hydrogens is 196 g/mol. The van der Waals surface area contributed by atoms with Gasteiger partial charge in [0.2, 0.25) is 0 Å². The Morgan fingerprint density at radius 2 is 1.40 bits per heavy atom. The van der Waals surface area contributed by atoms with E-state index < -0.39 is 23.8 Å². The Balaban J connectivity index is 2.05. The Labute approximate surface area is 86.6 Å². The molecule has 3 aliphatic rings. The predicted octanol–water partition coefficient (Wildman–Crippen LogP) is 0.984. The minimum Gasteiger partial charge on any atom is -0.481 e. The average Bonchev–Trinajstić information content (AvgIpc) is 2.81. The second-order valence-corrected chi connectivity index (χ2v) is 4.90. The highest BCUT2D eigenvalue weighted by Gasteiger charge is 2.70. The molecule has 0 radical (unpaired) electrons. The highest BCUT2D eigenvalue weighted by Crippen LogP contribution is 2.71. The standard InChI is InChI=1S/C11H12O4/c12-9(13)7-5-1-2-6(8(7)10(14)15)11(5)3-4-11/h1-2,5-8H,3-4H2,(H,12,13)(H,14,15)/t5-,6-,7+,8+/m1/s1. The molecule has 15 heavy (non-hydrogen) atoms. The van der Waals surface area contributed by atoms with E-state index in [4.69, 9.17) is 10.2 Å². The molecule has 4 atom stereocenters. The summed E-state index contributed by atoms with van der Waals surface area (Å²) in [6, 6.07) is 0. The molecule has 4 heteroatoms. The van der Waals surface area contributed by atoms with E-state index in [9.17, 15) is 9.59 Å². The van der Waals surface area contributed by atoms with Gasteiger partial charge < -0.3 is 10.2 Å². The number of hydrogen-bond acceptors (Lipinski definition) is 2. The second-order valence-electron chi connectivity index (χ2n) is 4.90. The molecule has 0 amide bonds. The summed E-state index contributed by atoms with van der Waals surface area (Å²) in [5.74, 6) is -3.40. The summed E-state index contributed by atoms with van der Waals surface area (Å²) in [6.45, 7) is 0. The maximum absolute atomic E-state index is 11.1. The zero-order valence-corrected chi connectivity index (χ0v) is 8.09. The van der Waals surface area contributed by atoms with Crippen LogP contribution in [0.3, 0.4) is 0 Å². The Kier molecular flexibility index (Phi) is 1.45. The molecule has 0 aromatic heterocycles. The third kappa shape index (κ3) is 0.874. The monoisotopic (exact) mass is 208 g/mol. The molecule has 0 aromatic carbocycles. The largest absolute Gasteiger partial charge is 0.481 e. The van der Waals surface area contributed by atoms with Crippen LogP contribution in [0.4, 0.5) is 0 Å². The van der Waals surface area contributed by atoms with Crippen LogP contribution in [0.25, 0.3) is 0 Å². The first-order valence-electron chi connectivity index (χ1n) is 5.22. The highest BCUT2D eigenvalue weighted by atomic mass is 16.4. The summed E-state index contributed by atoms with van der Waals surface area (Å²) in [4.78, 5) is 22.2.